The first-order valence-electron chi connectivity index (χ1n) is 6.80. The number of carbonyl (C=O) groups is 1. The van der Waals surface area contributed by atoms with Gasteiger partial charge >= 0.3 is 0 Å². The molecule has 1 fully saturated rings. The maximum absolute atomic E-state index is 12.2. The molecule has 0 radical (unpaired) electrons. The van der Waals surface area contributed by atoms with Crippen LogP contribution in [-0.2, 0) is 11.2 Å². The minimum atomic E-state index is -0.706. The molecule has 0 unspecified atom stereocenters. The van der Waals surface area contributed by atoms with Gasteiger partial charge in [-0.05, 0) is 30.5 Å². The van der Waals surface area contributed by atoms with E-state index in [4.69, 9.17) is 23.2 Å². The summed E-state index contributed by atoms with van der Waals surface area (Å²) in [7, 11) is 1.73. The van der Waals surface area contributed by atoms with Crippen molar-refractivity contribution in [2.45, 2.75) is 37.7 Å². The summed E-state index contributed by atoms with van der Waals surface area (Å²) in [5, 5.41) is 11.3. The van der Waals surface area contributed by atoms with E-state index in [1.54, 1.807) is 30.1 Å². The van der Waals surface area contributed by atoms with E-state index < -0.39 is 5.60 Å². The Balaban J connectivity index is 1.95. The summed E-state index contributed by atoms with van der Waals surface area (Å²) in [4.78, 5) is 13.8. The maximum Gasteiger partial charge on any atom is 0.226 e. The lowest BCUT2D eigenvalue weighted by atomic mass is 10.0. The number of nitrogens with zero attached hydrogens (tertiary/aromatic N) is 1. The van der Waals surface area contributed by atoms with Crippen LogP contribution in [0.3, 0.4) is 0 Å². The smallest absolute Gasteiger partial charge is 0.226 e. The fraction of sp³-hybridized carbons (Fsp3) is 0.533. The molecule has 0 atom stereocenters. The Morgan fingerprint density at radius 1 is 1.30 bits per heavy atom. The molecule has 0 aromatic heterocycles. The number of aliphatic hydroxyl groups is 1. The lowest BCUT2D eigenvalue weighted by Crippen LogP contribution is -2.42. The van der Waals surface area contributed by atoms with Crippen molar-refractivity contribution in [3.05, 3.63) is 33.8 Å². The van der Waals surface area contributed by atoms with Crippen LogP contribution in [0.15, 0.2) is 18.2 Å². The van der Waals surface area contributed by atoms with Crippen molar-refractivity contribution in [2.75, 3.05) is 13.6 Å². The fourth-order valence-corrected chi connectivity index (χ4v) is 3.00. The highest BCUT2D eigenvalue weighted by Gasteiger charge is 2.33. The molecule has 3 nitrogen and oxygen atoms in total. The van der Waals surface area contributed by atoms with Crippen LogP contribution >= 0.6 is 23.2 Å². The van der Waals surface area contributed by atoms with Gasteiger partial charge in [-0.1, -0.05) is 42.1 Å². The number of hydrogen-bond donors (Lipinski definition) is 1. The Hall–Kier alpha value is -0.770. The molecule has 1 aromatic rings. The lowest BCUT2D eigenvalue weighted by Gasteiger charge is -2.28. The molecule has 20 heavy (non-hydrogen) atoms. The van der Waals surface area contributed by atoms with Crippen LogP contribution in [-0.4, -0.2) is 35.1 Å². The molecule has 1 N–H and O–H groups in total. The van der Waals surface area contributed by atoms with Crippen LogP contribution in [0.5, 0.6) is 0 Å². The molecule has 1 amide bonds. The summed E-state index contributed by atoms with van der Waals surface area (Å²) < 4.78 is 0. The molecule has 1 aliphatic carbocycles. The van der Waals surface area contributed by atoms with Gasteiger partial charge in [0.2, 0.25) is 5.91 Å². The quantitative estimate of drug-likeness (QED) is 0.926. The average molecular weight is 316 g/mol. The minimum absolute atomic E-state index is 0.0243. The van der Waals surface area contributed by atoms with Gasteiger partial charge in [0, 0.05) is 13.6 Å². The first kappa shape index (κ1) is 15.6. The first-order valence-corrected chi connectivity index (χ1v) is 7.55. The molecule has 0 aliphatic heterocycles. The zero-order chi connectivity index (χ0) is 14.8. The number of rotatable bonds is 4. The number of likely N-dealkylation sites (N-methyl/N-ethyl adjacent to an activating group) is 1. The van der Waals surface area contributed by atoms with Crippen LogP contribution in [0.4, 0.5) is 0 Å². The second kappa shape index (κ2) is 6.33. The molecule has 110 valence electrons. The number of amides is 1. The highest BCUT2D eigenvalue weighted by Crippen LogP contribution is 2.30. The van der Waals surface area contributed by atoms with E-state index in [0.29, 0.717) is 16.6 Å². The molecule has 0 saturated heterocycles. The highest BCUT2D eigenvalue weighted by atomic mass is 35.5. The molecule has 1 saturated carbocycles. The van der Waals surface area contributed by atoms with E-state index in [1.165, 1.54) is 0 Å². The molecule has 0 spiro atoms. The lowest BCUT2D eigenvalue weighted by molar-refractivity contribution is -0.132. The molecule has 2 rings (SSSR count). The van der Waals surface area contributed by atoms with E-state index in [1.807, 2.05) is 0 Å². The van der Waals surface area contributed by atoms with Gasteiger partial charge in [-0.3, -0.25) is 4.79 Å². The predicted molar refractivity (Wildman–Crippen MR) is 81.2 cm³/mol. The summed E-state index contributed by atoms with van der Waals surface area (Å²) >= 11 is 11.8. The van der Waals surface area contributed by atoms with Gasteiger partial charge in [-0.25, -0.2) is 0 Å². The van der Waals surface area contributed by atoms with Gasteiger partial charge in [-0.2, -0.15) is 0 Å². The van der Waals surface area contributed by atoms with Crippen LogP contribution in [0.1, 0.15) is 31.2 Å². The Morgan fingerprint density at radius 2 is 1.95 bits per heavy atom. The first-order chi connectivity index (χ1) is 9.39. The Labute approximate surface area is 129 Å². The molecular weight excluding hydrogens is 297 g/mol. The van der Waals surface area contributed by atoms with Gasteiger partial charge in [0.15, 0.2) is 0 Å². The number of benzene rings is 1. The van der Waals surface area contributed by atoms with Crippen LogP contribution in [0, 0.1) is 0 Å². The van der Waals surface area contributed by atoms with Gasteiger partial charge < -0.3 is 10.0 Å². The zero-order valence-corrected chi connectivity index (χ0v) is 13.0. The van der Waals surface area contributed by atoms with Crippen molar-refractivity contribution < 1.29 is 9.90 Å². The predicted octanol–water partition coefficient (Wildman–Crippen LogP) is 3.30. The third-order valence-corrected chi connectivity index (χ3v) is 4.57. The molecule has 5 heteroatoms. The second-order valence-electron chi connectivity index (χ2n) is 5.61. The van der Waals surface area contributed by atoms with Crippen molar-refractivity contribution in [3.63, 3.8) is 0 Å². The molecule has 1 aromatic carbocycles. The van der Waals surface area contributed by atoms with Gasteiger partial charge in [0.25, 0.3) is 0 Å². The fourth-order valence-electron chi connectivity index (χ4n) is 2.68. The summed E-state index contributed by atoms with van der Waals surface area (Å²) in [6.45, 7) is 0.396. The summed E-state index contributed by atoms with van der Waals surface area (Å²) in [6, 6.07) is 5.20. The zero-order valence-electron chi connectivity index (χ0n) is 11.5. The van der Waals surface area contributed by atoms with E-state index in [0.717, 1.165) is 31.2 Å². The van der Waals surface area contributed by atoms with Gasteiger partial charge in [0.05, 0.1) is 22.1 Å². The third kappa shape index (κ3) is 3.87. The van der Waals surface area contributed by atoms with E-state index in [-0.39, 0.29) is 12.3 Å². The van der Waals surface area contributed by atoms with E-state index in [9.17, 15) is 9.90 Å². The largest absolute Gasteiger partial charge is 0.388 e. The maximum atomic E-state index is 12.2. The normalized spacial score (nSPS) is 17.2. The van der Waals surface area contributed by atoms with E-state index >= 15 is 0 Å². The van der Waals surface area contributed by atoms with Crippen LogP contribution in [0.25, 0.3) is 0 Å². The van der Waals surface area contributed by atoms with Crippen LogP contribution in [0.2, 0.25) is 10.0 Å². The van der Waals surface area contributed by atoms with Gasteiger partial charge in [-0.15, -0.1) is 0 Å². The molecular formula is C15H19Cl2NO2. The van der Waals surface area contributed by atoms with Gasteiger partial charge in [0.1, 0.15) is 0 Å². The molecule has 0 heterocycles. The third-order valence-electron chi connectivity index (χ3n) is 3.83. The molecule has 0 bridgehead atoms. The summed E-state index contributed by atoms with van der Waals surface area (Å²) in [5.74, 6) is -0.0243. The molecule has 1 aliphatic rings. The Bertz CT molecular complexity index is 499. The topological polar surface area (TPSA) is 40.5 Å². The SMILES string of the molecule is CN(CC1(O)CCCC1)C(=O)Cc1ccc(Cl)c(Cl)c1. The number of carbonyl (C=O) groups excluding carboxylic acids is 1. The van der Waals surface area contributed by atoms with Crippen molar-refractivity contribution in [2.24, 2.45) is 0 Å². The second-order valence-corrected chi connectivity index (χ2v) is 6.42. The number of hydrogen-bond acceptors (Lipinski definition) is 2. The van der Waals surface area contributed by atoms with E-state index in [2.05, 4.69) is 0 Å². The highest BCUT2D eigenvalue weighted by molar-refractivity contribution is 6.42. The average Bonchev–Trinajstić information content (AvgIpc) is 2.80. The van der Waals surface area contributed by atoms with Crippen molar-refractivity contribution >= 4 is 29.1 Å². The van der Waals surface area contributed by atoms with Crippen molar-refractivity contribution in [1.82, 2.24) is 4.90 Å². The van der Waals surface area contributed by atoms with Crippen molar-refractivity contribution in [1.29, 1.82) is 0 Å². The minimum Gasteiger partial charge on any atom is -0.388 e. The summed E-state index contributed by atoms with van der Waals surface area (Å²) in [5.41, 5.74) is 0.122. The van der Waals surface area contributed by atoms with Crippen LogP contribution < -0.4 is 0 Å². The number of halogens is 2. The summed E-state index contributed by atoms with van der Waals surface area (Å²) in [6.07, 6.45) is 3.88. The Morgan fingerprint density at radius 3 is 2.55 bits per heavy atom. The monoisotopic (exact) mass is 315 g/mol. The Kier molecular flexibility index (Phi) is 4.95. The standard InChI is InChI=1S/C15H19Cl2NO2/c1-18(10-15(20)6-2-3-7-15)14(19)9-11-4-5-12(16)13(17)8-11/h4-5,8,20H,2-3,6-7,9-10H2,1H3. The van der Waals surface area contributed by atoms with Crippen molar-refractivity contribution in [3.8, 4) is 0 Å².